The molecule has 1 atom stereocenters. The van der Waals surface area contributed by atoms with Crippen molar-refractivity contribution < 1.29 is 65.9 Å². The number of halogens is 15. The zero-order valence-corrected chi connectivity index (χ0v) is 16.4. The maximum Gasteiger partial charge on any atom is 0.460 e. The third-order valence-corrected chi connectivity index (χ3v) is 4.63. The molecule has 1 unspecified atom stereocenters. The molecular formula is C16H10F15NS. The van der Waals surface area contributed by atoms with E-state index < -0.39 is 52.7 Å². The molecule has 1 rings (SSSR count). The van der Waals surface area contributed by atoms with Crippen molar-refractivity contribution in [1.29, 1.82) is 0 Å². The minimum absolute atomic E-state index is 0.00686. The SMILES string of the molecule is CC(NC(=S)C(F)(F)C(F)(F)C(F)(F)C(F)(F)C(F)(F)C(F)(F)C(F)(F)F)c1ccccc1. The van der Waals surface area contributed by atoms with Crippen LogP contribution in [0.25, 0.3) is 0 Å². The molecule has 1 aromatic rings. The number of rotatable bonds is 8. The smallest absolute Gasteiger partial charge is 0.368 e. The van der Waals surface area contributed by atoms with Gasteiger partial charge in [-0.05, 0) is 12.5 Å². The van der Waals surface area contributed by atoms with Crippen LogP contribution in [0.3, 0.4) is 0 Å². The second kappa shape index (κ2) is 8.37. The van der Waals surface area contributed by atoms with Crippen LogP contribution in [-0.2, 0) is 0 Å². The van der Waals surface area contributed by atoms with Gasteiger partial charge in [-0.2, -0.15) is 65.9 Å². The van der Waals surface area contributed by atoms with Crippen LogP contribution in [-0.4, -0.2) is 46.7 Å². The highest BCUT2D eigenvalue weighted by Gasteiger charge is 2.93. The molecule has 0 aliphatic carbocycles. The quantitative estimate of drug-likeness (QED) is 0.284. The van der Waals surface area contributed by atoms with Gasteiger partial charge in [-0.1, -0.05) is 42.5 Å². The van der Waals surface area contributed by atoms with Crippen molar-refractivity contribution in [3.05, 3.63) is 35.9 Å². The van der Waals surface area contributed by atoms with E-state index in [2.05, 4.69) is 12.2 Å². The Bertz CT molecular complexity index is 847. The zero-order valence-electron chi connectivity index (χ0n) is 15.5. The van der Waals surface area contributed by atoms with Crippen LogP contribution in [0.1, 0.15) is 18.5 Å². The molecule has 0 heterocycles. The molecular weight excluding hydrogens is 523 g/mol. The minimum atomic E-state index is -8.34. The van der Waals surface area contributed by atoms with Crippen LogP contribution in [0.15, 0.2) is 30.3 Å². The summed E-state index contributed by atoms with van der Waals surface area (Å²) in [6.45, 7) is 0.945. The molecule has 0 aromatic heterocycles. The number of hydrogen-bond acceptors (Lipinski definition) is 1. The number of thiocarbonyl (C=S) groups is 1. The Morgan fingerprint density at radius 2 is 1.00 bits per heavy atom. The van der Waals surface area contributed by atoms with Crippen molar-refractivity contribution in [3.8, 4) is 0 Å². The van der Waals surface area contributed by atoms with Gasteiger partial charge in [-0.25, -0.2) is 0 Å². The summed E-state index contributed by atoms with van der Waals surface area (Å²) in [5.74, 6) is -47.1. The molecule has 1 N–H and O–H groups in total. The van der Waals surface area contributed by atoms with E-state index in [-0.39, 0.29) is 5.56 Å². The first kappa shape index (κ1) is 29.1. The van der Waals surface area contributed by atoms with E-state index in [0.29, 0.717) is 0 Å². The van der Waals surface area contributed by atoms with Crippen molar-refractivity contribution in [2.75, 3.05) is 0 Å². The average molecular weight is 533 g/mol. The number of benzene rings is 1. The molecule has 0 aliphatic rings. The van der Waals surface area contributed by atoms with Gasteiger partial charge >= 0.3 is 41.7 Å². The van der Waals surface area contributed by atoms with E-state index in [1.807, 2.05) is 0 Å². The summed E-state index contributed by atoms with van der Waals surface area (Å²) in [6, 6.07) is 4.86. The van der Waals surface area contributed by atoms with E-state index in [4.69, 9.17) is 0 Å². The summed E-state index contributed by atoms with van der Waals surface area (Å²) < 4.78 is 198. The molecule has 0 radical (unpaired) electrons. The number of hydrogen-bond donors (Lipinski definition) is 1. The first-order valence-corrected chi connectivity index (χ1v) is 8.51. The Balaban J connectivity index is 3.43. The molecule has 0 bridgehead atoms. The Morgan fingerprint density at radius 1 is 0.636 bits per heavy atom. The van der Waals surface area contributed by atoms with Crippen LogP contribution in [0.2, 0.25) is 0 Å². The highest BCUT2D eigenvalue weighted by molar-refractivity contribution is 7.80. The molecule has 33 heavy (non-hydrogen) atoms. The summed E-state index contributed by atoms with van der Waals surface area (Å²) in [4.78, 5) is -2.61. The first-order chi connectivity index (χ1) is 14.4. The van der Waals surface area contributed by atoms with E-state index in [0.717, 1.165) is 6.92 Å². The summed E-state index contributed by atoms with van der Waals surface area (Å²) in [7, 11) is 0. The summed E-state index contributed by atoms with van der Waals surface area (Å²) in [5, 5.41) is 1.37. The van der Waals surface area contributed by atoms with Crippen LogP contribution >= 0.6 is 12.2 Å². The third-order valence-electron chi connectivity index (χ3n) is 4.26. The van der Waals surface area contributed by atoms with Crippen LogP contribution < -0.4 is 5.32 Å². The standard InChI is InChI=1S/C16H10F15NS/c1-7(8-5-3-2-4-6-8)32-9(33)10(17,18)11(19,20)12(21,22)13(23,24)14(25,26)15(27,28)16(29,30)31/h2-7H,1H3,(H,32,33). The second-order valence-electron chi connectivity index (χ2n) is 6.55. The Labute approximate surface area is 179 Å². The van der Waals surface area contributed by atoms with E-state index in [9.17, 15) is 65.9 Å². The van der Waals surface area contributed by atoms with Crippen molar-refractivity contribution in [2.45, 2.75) is 54.7 Å². The molecule has 0 spiro atoms. The number of nitrogens with one attached hydrogen (secondary N) is 1. The van der Waals surface area contributed by atoms with Gasteiger partial charge < -0.3 is 5.32 Å². The normalized spacial score (nSPS) is 15.9. The molecule has 0 amide bonds. The fourth-order valence-electron chi connectivity index (χ4n) is 2.22. The molecule has 17 heteroatoms. The Kier molecular flexibility index (Phi) is 7.38. The third kappa shape index (κ3) is 4.32. The van der Waals surface area contributed by atoms with Gasteiger partial charge in [-0.15, -0.1) is 0 Å². The molecule has 0 saturated carbocycles. The van der Waals surface area contributed by atoms with Gasteiger partial charge in [0.2, 0.25) is 0 Å². The van der Waals surface area contributed by atoms with Crippen LogP contribution in [0.4, 0.5) is 65.9 Å². The maximum atomic E-state index is 14.0. The minimum Gasteiger partial charge on any atom is -0.368 e. The van der Waals surface area contributed by atoms with Gasteiger partial charge in [-0.3, -0.25) is 0 Å². The van der Waals surface area contributed by atoms with Gasteiger partial charge in [0.05, 0.1) is 0 Å². The lowest BCUT2D eigenvalue weighted by molar-refractivity contribution is -0.448. The van der Waals surface area contributed by atoms with Crippen molar-refractivity contribution >= 4 is 17.2 Å². The zero-order chi connectivity index (χ0) is 26.5. The van der Waals surface area contributed by atoms with Crippen LogP contribution in [0.5, 0.6) is 0 Å². The summed E-state index contributed by atoms with van der Waals surface area (Å²) in [6.07, 6.45) is -7.64. The average Bonchev–Trinajstić information content (AvgIpc) is 2.66. The monoisotopic (exact) mass is 533 g/mol. The Hall–Kier alpha value is -1.94. The molecule has 0 aliphatic heterocycles. The van der Waals surface area contributed by atoms with Gasteiger partial charge in [0, 0.05) is 6.04 Å². The van der Waals surface area contributed by atoms with Crippen LogP contribution in [0, 0.1) is 0 Å². The number of alkyl halides is 15. The first-order valence-electron chi connectivity index (χ1n) is 8.10. The van der Waals surface area contributed by atoms with E-state index in [1.54, 1.807) is 0 Å². The molecule has 190 valence electrons. The highest BCUT2D eigenvalue weighted by Crippen LogP contribution is 2.62. The second-order valence-corrected chi connectivity index (χ2v) is 6.96. The van der Waals surface area contributed by atoms with Gasteiger partial charge in [0.25, 0.3) is 0 Å². The van der Waals surface area contributed by atoms with Crippen molar-refractivity contribution in [1.82, 2.24) is 5.32 Å². The molecule has 0 fully saturated rings. The molecule has 1 aromatic carbocycles. The summed E-state index contributed by atoms with van der Waals surface area (Å²) in [5.41, 5.74) is 0.00686. The fourth-order valence-corrected chi connectivity index (χ4v) is 2.53. The van der Waals surface area contributed by atoms with Crippen molar-refractivity contribution in [2.24, 2.45) is 0 Å². The topological polar surface area (TPSA) is 12.0 Å². The predicted molar refractivity (Wildman–Crippen MR) is 86.3 cm³/mol. The largest absolute Gasteiger partial charge is 0.460 e. The molecule has 1 nitrogen and oxygen atoms in total. The highest BCUT2D eigenvalue weighted by atomic mass is 32.1. The Morgan fingerprint density at radius 3 is 1.39 bits per heavy atom. The predicted octanol–water partition coefficient (Wildman–Crippen LogP) is 7.04. The molecule has 0 saturated heterocycles. The fraction of sp³-hybridized carbons (Fsp3) is 0.562. The lowest BCUT2D eigenvalue weighted by Crippen LogP contribution is -2.73. The lowest BCUT2D eigenvalue weighted by atomic mass is 9.91. The van der Waals surface area contributed by atoms with Crippen molar-refractivity contribution in [3.63, 3.8) is 0 Å². The lowest BCUT2D eigenvalue weighted by Gasteiger charge is -2.41. The summed E-state index contributed by atoms with van der Waals surface area (Å²) >= 11 is 3.80. The van der Waals surface area contributed by atoms with E-state index >= 15 is 0 Å². The maximum absolute atomic E-state index is 14.0. The van der Waals surface area contributed by atoms with Gasteiger partial charge in [0.15, 0.2) is 4.99 Å². The van der Waals surface area contributed by atoms with E-state index in [1.165, 1.54) is 35.6 Å². The van der Waals surface area contributed by atoms with Gasteiger partial charge in [0.1, 0.15) is 0 Å².